The summed E-state index contributed by atoms with van der Waals surface area (Å²) in [6.07, 6.45) is 1.21. The Kier molecular flexibility index (Phi) is 4.62. The van der Waals surface area contributed by atoms with Gasteiger partial charge in [0, 0.05) is 22.9 Å². The van der Waals surface area contributed by atoms with Gasteiger partial charge in [0.15, 0.2) is 0 Å². The van der Waals surface area contributed by atoms with Crippen LogP contribution in [-0.4, -0.2) is 44.7 Å². The summed E-state index contributed by atoms with van der Waals surface area (Å²) in [6, 6.07) is 10.5. The molecule has 0 unspecified atom stereocenters. The van der Waals surface area contributed by atoms with Gasteiger partial charge in [-0.05, 0) is 38.2 Å². The van der Waals surface area contributed by atoms with Gasteiger partial charge in [-0.15, -0.1) is 11.3 Å². The van der Waals surface area contributed by atoms with Gasteiger partial charge in [-0.1, -0.05) is 30.0 Å². The molecule has 1 saturated heterocycles. The van der Waals surface area contributed by atoms with Crippen LogP contribution in [0.15, 0.2) is 39.4 Å². The zero-order valence-corrected chi connectivity index (χ0v) is 16.2. The number of thiophene rings is 1. The molecule has 4 rings (SSSR count). The van der Waals surface area contributed by atoms with E-state index in [-0.39, 0.29) is 18.2 Å². The van der Waals surface area contributed by atoms with Crippen molar-refractivity contribution in [3.63, 3.8) is 0 Å². The van der Waals surface area contributed by atoms with Crippen molar-refractivity contribution in [1.82, 2.24) is 4.90 Å². The van der Waals surface area contributed by atoms with Crippen LogP contribution in [0.5, 0.6) is 0 Å². The predicted molar refractivity (Wildman–Crippen MR) is 99.7 cm³/mol. The third-order valence-electron chi connectivity index (χ3n) is 4.73. The highest BCUT2D eigenvalue weighted by molar-refractivity contribution is 8.01. The normalized spacial score (nSPS) is 24.4. The molecule has 0 radical (unpaired) electrons. The molecule has 0 aliphatic carbocycles. The van der Waals surface area contributed by atoms with Crippen molar-refractivity contribution in [3.05, 3.63) is 46.3 Å². The van der Waals surface area contributed by atoms with Crippen molar-refractivity contribution in [1.29, 1.82) is 0 Å². The van der Waals surface area contributed by atoms with Crippen molar-refractivity contribution in [3.8, 4) is 0 Å². The van der Waals surface area contributed by atoms with Crippen molar-refractivity contribution in [2.45, 2.75) is 33.7 Å². The molecule has 2 aliphatic rings. The number of esters is 1. The summed E-state index contributed by atoms with van der Waals surface area (Å²) in [5.41, 5.74) is 2.50. The zero-order valence-electron chi connectivity index (χ0n) is 14.5. The molecule has 2 aliphatic heterocycles. The summed E-state index contributed by atoms with van der Waals surface area (Å²) in [5, 5.41) is 0. The molecule has 132 valence electrons. The van der Waals surface area contributed by atoms with Gasteiger partial charge >= 0.3 is 5.97 Å². The summed E-state index contributed by atoms with van der Waals surface area (Å²) >= 11 is 3.25. The number of benzene rings is 1. The lowest BCUT2D eigenvalue weighted by molar-refractivity contribution is 0.0263. The fourth-order valence-corrected chi connectivity index (χ4v) is 6.24. The highest BCUT2D eigenvalue weighted by Crippen LogP contribution is 2.55. The van der Waals surface area contributed by atoms with E-state index < -0.39 is 0 Å². The molecule has 0 saturated carbocycles. The van der Waals surface area contributed by atoms with Gasteiger partial charge in [0.1, 0.15) is 4.88 Å². The first kappa shape index (κ1) is 17.1. The van der Waals surface area contributed by atoms with Crippen molar-refractivity contribution >= 4 is 29.1 Å². The van der Waals surface area contributed by atoms with Crippen LogP contribution in [0.1, 0.15) is 39.2 Å². The first-order valence-electron chi connectivity index (χ1n) is 8.36. The minimum atomic E-state index is -0.272. The summed E-state index contributed by atoms with van der Waals surface area (Å²) in [6.45, 7) is 0.908. The third-order valence-corrected chi connectivity index (χ3v) is 7.17. The number of fused-ring (bicyclic) bond motifs is 5. The molecule has 0 spiro atoms. The van der Waals surface area contributed by atoms with Crippen LogP contribution >= 0.6 is 23.1 Å². The lowest BCUT2D eigenvalue weighted by Crippen LogP contribution is -2.25. The number of hydrogen-bond acceptors (Lipinski definition) is 6. The summed E-state index contributed by atoms with van der Waals surface area (Å²) in [7, 11) is 5.58. The molecule has 1 aromatic heterocycles. The number of ether oxygens (including phenoxy) is 2. The number of rotatable bonds is 3. The van der Waals surface area contributed by atoms with E-state index in [0.717, 1.165) is 22.7 Å². The molecule has 3 atom stereocenters. The Balaban J connectivity index is 1.77. The molecule has 1 aromatic carbocycles. The van der Waals surface area contributed by atoms with Gasteiger partial charge in [-0.3, -0.25) is 0 Å². The summed E-state index contributed by atoms with van der Waals surface area (Å²) in [4.78, 5) is 16.1. The lowest BCUT2D eigenvalue weighted by atomic mass is 9.88. The highest BCUT2D eigenvalue weighted by Gasteiger charge is 2.42. The van der Waals surface area contributed by atoms with Crippen molar-refractivity contribution in [2.24, 2.45) is 0 Å². The fraction of sp³-hybridized carbons (Fsp3) is 0.421. The molecule has 4 nitrogen and oxygen atoms in total. The quantitative estimate of drug-likeness (QED) is 0.753. The van der Waals surface area contributed by atoms with Crippen LogP contribution in [0, 0.1) is 0 Å². The second-order valence-electron chi connectivity index (χ2n) is 6.77. The molecule has 6 heteroatoms. The van der Waals surface area contributed by atoms with Crippen molar-refractivity contribution < 1.29 is 14.3 Å². The van der Waals surface area contributed by atoms with E-state index in [0.29, 0.717) is 10.8 Å². The number of methoxy groups -OCH3 is 1. The Morgan fingerprint density at radius 2 is 2.12 bits per heavy atom. The molecule has 25 heavy (non-hydrogen) atoms. The molecule has 3 heterocycles. The monoisotopic (exact) mass is 375 g/mol. The first-order chi connectivity index (χ1) is 12.1. The van der Waals surface area contributed by atoms with E-state index in [4.69, 9.17) is 9.47 Å². The number of likely N-dealkylation sites (N-methyl/N-ethyl adjacent to an activating group) is 1. The molecule has 0 N–H and O–H groups in total. The van der Waals surface area contributed by atoms with E-state index >= 15 is 0 Å². The van der Waals surface area contributed by atoms with Gasteiger partial charge in [0.25, 0.3) is 0 Å². The predicted octanol–water partition coefficient (Wildman–Crippen LogP) is 4.17. The van der Waals surface area contributed by atoms with Crippen LogP contribution in [0.2, 0.25) is 0 Å². The molecular weight excluding hydrogens is 354 g/mol. The molecule has 0 amide bonds. The van der Waals surface area contributed by atoms with Gasteiger partial charge in [0.2, 0.25) is 0 Å². The lowest BCUT2D eigenvalue weighted by Gasteiger charge is -2.18. The average molecular weight is 376 g/mol. The van der Waals surface area contributed by atoms with E-state index in [1.54, 1.807) is 11.8 Å². The maximum atomic E-state index is 12.0. The van der Waals surface area contributed by atoms with E-state index in [2.05, 4.69) is 43.3 Å². The maximum Gasteiger partial charge on any atom is 0.348 e. The van der Waals surface area contributed by atoms with E-state index in [1.165, 1.54) is 28.9 Å². The largest absolute Gasteiger partial charge is 0.465 e. The molecule has 1 fully saturated rings. The van der Waals surface area contributed by atoms with Gasteiger partial charge in [-0.25, -0.2) is 4.79 Å². The summed E-state index contributed by atoms with van der Waals surface area (Å²) in [5.74, 6) is 0.0568. The topological polar surface area (TPSA) is 38.8 Å². The minimum Gasteiger partial charge on any atom is -0.465 e. The Morgan fingerprint density at radius 1 is 1.32 bits per heavy atom. The SMILES string of the molecule is COC(=O)c1cc2c(s1)Sc1ccccc1[C@H]1C[C@H](CN(C)C)O[C@H]21. The van der Waals surface area contributed by atoms with Crippen LogP contribution < -0.4 is 0 Å². The molecular formula is C19H21NO3S2. The number of carbonyl (C=O) groups is 1. The van der Waals surface area contributed by atoms with Gasteiger partial charge in [-0.2, -0.15) is 0 Å². The zero-order chi connectivity index (χ0) is 17.6. The minimum absolute atomic E-state index is 0.00533. The Bertz CT molecular complexity index is 802. The first-order valence-corrected chi connectivity index (χ1v) is 9.99. The smallest absolute Gasteiger partial charge is 0.348 e. The third kappa shape index (κ3) is 3.12. The summed E-state index contributed by atoms with van der Waals surface area (Å²) < 4.78 is 12.5. The van der Waals surface area contributed by atoms with Gasteiger partial charge < -0.3 is 14.4 Å². The standard InChI is InChI=1S/C19H21NO3S2/c1-20(2)10-11-8-13-12-6-4-5-7-15(12)24-19-14(17(13)23-11)9-16(25-19)18(21)22-3/h4-7,9,11,13,17H,8,10H2,1-3H3/t11-,13-,17+/m1/s1. The average Bonchev–Trinajstić information content (AvgIpc) is 3.16. The highest BCUT2D eigenvalue weighted by atomic mass is 32.2. The van der Waals surface area contributed by atoms with Crippen LogP contribution in [0.4, 0.5) is 0 Å². The number of hydrogen-bond donors (Lipinski definition) is 0. The van der Waals surface area contributed by atoms with E-state index in [9.17, 15) is 4.79 Å². The fourth-order valence-electron chi connectivity index (χ4n) is 3.72. The van der Waals surface area contributed by atoms with Crippen LogP contribution in [-0.2, 0) is 9.47 Å². The second-order valence-corrected chi connectivity index (χ2v) is 9.13. The van der Waals surface area contributed by atoms with Gasteiger partial charge in [0.05, 0.1) is 23.5 Å². The number of carbonyl (C=O) groups excluding carboxylic acids is 1. The van der Waals surface area contributed by atoms with Crippen molar-refractivity contribution in [2.75, 3.05) is 27.7 Å². The second kappa shape index (κ2) is 6.76. The molecule has 2 aromatic rings. The van der Waals surface area contributed by atoms with E-state index in [1.807, 2.05) is 6.07 Å². The van der Waals surface area contributed by atoms with Crippen LogP contribution in [0.25, 0.3) is 0 Å². The number of nitrogens with zero attached hydrogens (tertiary/aromatic N) is 1. The Hall–Kier alpha value is -1.34. The maximum absolute atomic E-state index is 12.0. The van der Waals surface area contributed by atoms with Crippen LogP contribution in [0.3, 0.4) is 0 Å². The Labute approximate surface area is 156 Å². The Morgan fingerprint density at radius 3 is 2.88 bits per heavy atom. The molecule has 0 bridgehead atoms.